The minimum absolute atomic E-state index is 0.0274. The number of allylic oxidation sites excluding steroid dienone is 1. The first-order valence-electron chi connectivity index (χ1n) is 25.1. The molecule has 10 rings (SSSR count). The van der Waals surface area contributed by atoms with Gasteiger partial charge in [0.2, 0.25) is 5.91 Å². The molecule has 9 heteroatoms. The van der Waals surface area contributed by atoms with Gasteiger partial charge in [-0.15, -0.1) is 0 Å². The van der Waals surface area contributed by atoms with Crippen molar-refractivity contribution in [3.05, 3.63) is 90.4 Å². The van der Waals surface area contributed by atoms with E-state index in [0.717, 1.165) is 93.4 Å². The van der Waals surface area contributed by atoms with Gasteiger partial charge in [-0.25, -0.2) is 4.98 Å². The predicted octanol–water partition coefficient (Wildman–Crippen LogP) is 10.9. The highest BCUT2D eigenvalue weighted by atomic mass is 16.5. The summed E-state index contributed by atoms with van der Waals surface area (Å²) in [5.74, 6) is 1.47. The number of H-pyrrole nitrogens is 1. The van der Waals surface area contributed by atoms with Crippen LogP contribution in [0.1, 0.15) is 143 Å². The van der Waals surface area contributed by atoms with Gasteiger partial charge in [0.25, 0.3) is 0 Å². The minimum atomic E-state index is -0.532. The molecule has 7 fully saturated rings. The lowest BCUT2D eigenvalue weighted by Crippen LogP contribution is -2.87. The third-order valence-corrected chi connectivity index (χ3v) is 21.1. The van der Waals surface area contributed by atoms with Crippen LogP contribution in [-0.4, -0.2) is 46.0 Å². The number of fused-ring (bicyclic) bond motifs is 6. The molecule has 0 bridgehead atoms. The number of rotatable bonds is 10. The number of aromatic amines is 1. The molecule has 3 N–H and O–H groups in total. The Balaban J connectivity index is 0.848. The summed E-state index contributed by atoms with van der Waals surface area (Å²) in [6.45, 7) is 24.3. The van der Waals surface area contributed by atoms with Crippen molar-refractivity contribution in [1.82, 2.24) is 20.6 Å². The number of hydrogen-bond donors (Lipinski definition) is 3. The molecule has 1 aromatic heterocycles. The van der Waals surface area contributed by atoms with Gasteiger partial charge in [0, 0.05) is 17.5 Å². The first kappa shape index (κ1) is 44.6. The fourth-order valence-electron chi connectivity index (χ4n) is 16.9. The number of carbonyl (C=O) groups excluding carboxylic acids is 3. The minimum Gasteiger partial charge on any atom is -0.461 e. The van der Waals surface area contributed by atoms with Crippen LogP contribution in [0.25, 0.3) is 11.3 Å². The largest absolute Gasteiger partial charge is 0.461 e. The van der Waals surface area contributed by atoms with Crippen LogP contribution in [0.2, 0.25) is 0 Å². The van der Waals surface area contributed by atoms with Crippen LogP contribution >= 0.6 is 0 Å². The normalized spacial score (nSPS) is 41.3. The molecular weight excluding hydrogens is 809 g/mol. The van der Waals surface area contributed by atoms with Gasteiger partial charge in [-0.05, 0) is 141 Å². The predicted molar refractivity (Wildman–Crippen MR) is 253 cm³/mol. The van der Waals surface area contributed by atoms with Crippen molar-refractivity contribution in [3.63, 3.8) is 0 Å². The third-order valence-electron chi connectivity index (χ3n) is 21.1. The number of carbonyl (C=O) groups is 3. The average Bonchev–Trinajstić information content (AvgIpc) is 3.94. The van der Waals surface area contributed by atoms with E-state index in [-0.39, 0.29) is 81.6 Å². The van der Waals surface area contributed by atoms with E-state index in [1.807, 2.05) is 68.6 Å². The second-order valence-corrected chi connectivity index (χ2v) is 23.8. The molecule has 7 aliphatic rings. The highest BCUT2D eigenvalue weighted by Crippen LogP contribution is 2.79. The topological polar surface area (TPSA) is 122 Å². The van der Waals surface area contributed by atoms with Crippen LogP contribution in [0.3, 0.4) is 0 Å². The summed E-state index contributed by atoms with van der Waals surface area (Å²) >= 11 is 0. The molecule has 1 aliphatic heterocycles. The molecule has 65 heavy (non-hydrogen) atoms. The van der Waals surface area contributed by atoms with E-state index < -0.39 is 10.8 Å². The van der Waals surface area contributed by atoms with Gasteiger partial charge in [-0.2, -0.15) is 0 Å². The van der Waals surface area contributed by atoms with E-state index >= 15 is 4.79 Å². The molecule has 3 aromatic rings. The Labute approximate surface area is 387 Å². The first-order chi connectivity index (χ1) is 30.9. The van der Waals surface area contributed by atoms with Crippen molar-refractivity contribution >= 4 is 17.8 Å². The second-order valence-electron chi connectivity index (χ2n) is 23.8. The highest BCUT2D eigenvalue weighted by Gasteiger charge is 2.79. The molecule has 0 radical (unpaired) electrons. The number of benzene rings is 2. The molecule has 6 aliphatic carbocycles. The Morgan fingerprint density at radius 3 is 2.17 bits per heavy atom. The maximum Gasteiger partial charge on any atom is 0.309 e. The fraction of sp³-hybridized carbons (Fsp3) is 0.643. The van der Waals surface area contributed by atoms with E-state index in [1.54, 1.807) is 0 Å². The van der Waals surface area contributed by atoms with Crippen molar-refractivity contribution in [2.45, 2.75) is 150 Å². The van der Waals surface area contributed by atoms with Gasteiger partial charge in [0.05, 0.1) is 35.2 Å². The van der Waals surface area contributed by atoms with Crippen molar-refractivity contribution in [2.75, 3.05) is 6.54 Å². The Morgan fingerprint density at radius 2 is 1.49 bits per heavy atom. The smallest absolute Gasteiger partial charge is 0.309 e. The molecule has 1 saturated heterocycles. The maximum absolute atomic E-state index is 15.0. The second kappa shape index (κ2) is 15.4. The molecule has 2 heterocycles. The van der Waals surface area contributed by atoms with E-state index in [0.29, 0.717) is 24.2 Å². The van der Waals surface area contributed by atoms with Crippen molar-refractivity contribution in [2.24, 2.45) is 68.0 Å². The van der Waals surface area contributed by atoms with Crippen LogP contribution in [0.5, 0.6) is 0 Å². The number of amides is 1. The number of aromatic nitrogens is 2. The molecule has 1 amide bonds. The number of imidazole rings is 1. The summed E-state index contributed by atoms with van der Waals surface area (Å²) in [7, 11) is 0. The number of nitrogens with one attached hydrogen (secondary N) is 3. The van der Waals surface area contributed by atoms with E-state index in [1.165, 1.54) is 5.57 Å². The SMILES string of the molecule is C=C(C)[C@@H]1CC[C@]2(C(=O)N[C@@H](C)c3ncc(-c4ccccc4)[nH]3)CC[C@]3(C)C(CC[C@@H]4[C@@]5(C)CC[C@H](OC(=O)[C@H]6C[C@@H](C(=O)OCc7ccccc7)C6(C)C)[C@@]6(C)CN[C@]65CC[C@]43C)[C@@H]12. The quantitative estimate of drug-likeness (QED) is 0.137. The zero-order valence-corrected chi connectivity index (χ0v) is 40.4. The molecule has 6 saturated carbocycles. The molecule has 1 spiro atoms. The highest BCUT2D eigenvalue weighted by molar-refractivity contribution is 5.84. The molecule has 1 unspecified atom stereocenters. The van der Waals surface area contributed by atoms with Crippen molar-refractivity contribution in [3.8, 4) is 11.3 Å². The van der Waals surface area contributed by atoms with Crippen LogP contribution in [-0.2, 0) is 30.5 Å². The number of hydrogen-bond acceptors (Lipinski definition) is 7. The summed E-state index contributed by atoms with van der Waals surface area (Å²) < 4.78 is 12.4. The van der Waals surface area contributed by atoms with E-state index in [4.69, 9.17) is 14.5 Å². The van der Waals surface area contributed by atoms with Crippen LogP contribution in [0.15, 0.2) is 79.0 Å². The Bertz CT molecular complexity index is 2360. The summed E-state index contributed by atoms with van der Waals surface area (Å²) in [6, 6.07) is 19.7. The van der Waals surface area contributed by atoms with Gasteiger partial charge in [0.15, 0.2) is 0 Å². The number of ether oxygens (including phenoxy) is 2. The molecule has 9 nitrogen and oxygen atoms in total. The summed E-state index contributed by atoms with van der Waals surface area (Å²) in [5.41, 5.74) is 3.17. The van der Waals surface area contributed by atoms with Gasteiger partial charge < -0.3 is 25.1 Å². The summed E-state index contributed by atoms with van der Waals surface area (Å²) in [4.78, 5) is 50.7. The summed E-state index contributed by atoms with van der Waals surface area (Å²) in [5, 5.41) is 7.62. The van der Waals surface area contributed by atoms with E-state index in [9.17, 15) is 9.59 Å². The first-order valence-corrected chi connectivity index (χ1v) is 25.1. The maximum atomic E-state index is 15.0. The van der Waals surface area contributed by atoms with Crippen molar-refractivity contribution < 1.29 is 23.9 Å². The standard InChI is InChI=1S/C56H74N4O5/c1-34(2)38-22-25-55(49(63)59-35(3)46-57-31-42(60-46)37-18-14-11-15-19-37)28-26-51(6)39(45(38)55)20-21-43-52(51,7)27-29-56-53(43,8)24-23-44(54(56,9)33-58-56)65-48(62)41-30-40(50(41,4)5)47(61)64-32-36-16-12-10-13-17-36/h10-19,31,35,38-41,43-45,58H,1,20-30,32-33H2,2-9H3,(H,57,60)(H,59,63)/t35-,38-,39?,40-,41+,43-,44-,45+,51+,52+,53+,54+,55-,56-/m0/s1. The van der Waals surface area contributed by atoms with Crippen molar-refractivity contribution in [1.29, 1.82) is 0 Å². The van der Waals surface area contributed by atoms with Gasteiger partial charge >= 0.3 is 11.9 Å². The molecule has 14 atom stereocenters. The number of esters is 2. The molecule has 348 valence electrons. The number of nitrogens with zero attached hydrogens (tertiary/aromatic N) is 1. The summed E-state index contributed by atoms with van der Waals surface area (Å²) in [6.07, 6.45) is 12.4. The monoisotopic (exact) mass is 883 g/mol. The average molecular weight is 883 g/mol. The lowest BCUT2D eigenvalue weighted by atomic mass is 9.29. The Kier molecular flexibility index (Phi) is 10.6. The lowest BCUT2D eigenvalue weighted by Gasteiger charge is -2.80. The van der Waals surface area contributed by atoms with Gasteiger partial charge in [-0.1, -0.05) is 114 Å². The zero-order chi connectivity index (χ0) is 46.0. The Hall–Kier alpha value is -4.24. The van der Waals surface area contributed by atoms with Crippen LogP contribution < -0.4 is 10.6 Å². The molecule has 2 aromatic carbocycles. The lowest BCUT2D eigenvalue weighted by molar-refractivity contribution is -0.292. The van der Waals surface area contributed by atoms with E-state index in [2.05, 4.69) is 75.9 Å². The Morgan fingerprint density at radius 1 is 0.800 bits per heavy atom. The third kappa shape index (κ3) is 6.24. The van der Waals surface area contributed by atoms with Gasteiger partial charge in [-0.3, -0.25) is 14.4 Å². The zero-order valence-electron chi connectivity index (χ0n) is 40.4. The fourth-order valence-corrected chi connectivity index (χ4v) is 16.9. The van der Waals surface area contributed by atoms with Gasteiger partial charge in [0.1, 0.15) is 18.5 Å². The molecular formula is C56H74N4O5. The van der Waals surface area contributed by atoms with Crippen LogP contribution in [0.4, 0.5) is 0 Å². The van der Waals surface area contributed by atoms with Crippen LogP contribution in [0, 0.1) is 68.0 Å².